The molecule has 0 saturated heterocycles. The Morgan fingerprint density at radius 2 is 1.77 bits per heavy atom. The average molecular weight is 371 g/mol. The highest BCUT2D eigenvalue weighted by molar-refractivity contribution is 8.03. The molecule has 142 valence electrons. The van der Waals surface area contributed by atoms with Crippen LogP contribution in [0.1, 0.15) is 76.7 Å². The van der Waals surface area contributed by atoms with Crippen molar-refractivity contribution in [2.24, 2.45) is 5.92 Å². The Morgan fingerprint density at radius 1 is 1.04 bits per heavy atom. The lowest BCUT2D eigenvalue weighted by Crippen LogP contribution is -2.03. The normalized spacial score (nSPS) is 14.7. The lowest BCUT2D eigenvalue weighted by molar-refractivity contribution is 0.471. The number of nitrogens with one attached hydrogen (secondary N) is 1. The first kappa shape index (κ1) is 20.9. The molecule has 2 rings (SSSR count). The van der Waals surface area contributed by atoms with Crippen LogP contribution < -0.4 is 5.32 Å². The van der Waals surface area contributed by atoms with Gasteiger partial charge in [-0.1, -0.05) is 51.5 Å². The Kier molecular flexibility index (Phi) is 10.4. The van der Waals surface area contributed by atoms with Gasteiger partial charge in [-0.3, -0.25) is 0 Å². The zero-order chi connectivity index (χ0) is 18.5. The lowest BCUT2D eigenvalue weighted by Gasteiger charge is -2.18. The molecule has 0 aliphatic carbocycles. The highest BCUT2D eigenvalue weighted by atomic mass is 32.2. The number of hydrogen-bond donors (Lipinski definition) is 1. The summed E-state index contributed by atoms with van der Waals surface area (Å²) < 4.78 is 0. The highest BCUT2D eigenvalue weighted by Crippen LogP contribution is 2.37. The minimum atomic E-state index is 0.722. The van der Waals surface area contributed by atoms with Crippen molar-refractivity contribution < 1.29 is 0 Å². The molecule has 0 radical (unpaired) electrons. The minimum absolute atomic E-state index is 0.722. The number of unbranched alkanes of at least 4 members (excludes halogenated alkanes) is 5. The van der Waals surface area contributed by atoms with E-state index in [1.807, 2.05) is 24.3 Å². The number of benzene rings is 1. The summed E-state index contributed by atoms with van der Waals surface area (Å²) in [6.07, 6.45) is 15.9. The number of thioether (sulfide) groups is 1. The monoisotopic (exact) mass is 370 g/mol. The third-order valence-electron chi connectivity index (χ3n) is 5.11. The van der Waals surface area contributed by atoms with Crippen molar-refractivity contribution in [3.8, 4) is 6.07 Å². The summed E-state index contributed by atoms with van der Waals surface area (Å²) in [7, 11) is 0. The SMILES string of the molecule is CCCCCC(CCCCCCNc1ccc(C#N)cc1)C1=CCCS1. The van der Waals surface area contributed by atoms with Gasteiger partial charge >= 0.3 is 0 Å². The number of nitriles is 1. The molecule has 0 amide bonds. The van der Waals surface area contributed by atoms with Gasteiger partial charge in [0, 0.05) is 18.0 Å². The highest BCUT2D eigenvalue weighted by Gasteiger charge is 2.17. The fraction of sp³-hybridized carbons (Fsp3) is 0.609. The molecule has 1 unspecified atom stereocenters. The Labute approximate surface area is 164 Å². The zero-order valence-corrected chi connectivity index (χ0v) is 17.1. The average Bonchev–Trinajstić information content (AvgIpc) is 3.21. The Balaban J connectivity index is 1.56. The number of allylic oxidation sites excluding steroid dienone is 2. The second kappa shape index (κ2) is 12.9. The first-order valence-corrected chi connectivity index (χ1v) is 11.4. The molecule has 2 nitrogen and oxygen atoms in total. The summed E-state index contributed by atoms with van der Waals surface area (Å²) in [6, 6.07) is 9.89. The van der Waals surface area contributed by atoms with E-state index in [9.17, 15) is 0 Å². The van der Waals surface area contributed by atoms with Crippen molar-refractivity contribution in [2.45, 2.75) is 71.1 Å². The van der Waals surface area contributed by atoms with Crippen molar-refractivity contribution in [3.05, 3.63) is 40.8 Å². The van der Waals surface area contributed by atoms with Crippen LogP contribution in [-0.2, 0) is 0 Å². The first-order valence-electron chi connectivity index (χ1n) is 10.4. The molecule has 0 fully saturated rings. The molecule has 1 aromatic carbocycles. The number of anilines is 1. The van der Waals surface area contributed by atoms with Gasteiger partial charge < -0.3 is 5.32 Å². The van der Waals surface area contributed by atoms with Gasteiger partial charge in [0.15, 0.2) is 0 Å². The third kappa shape index (κ3) is 7.87. The van der Waals surface area contributed by atoms with Crippen molar-refractivity contribution in [1.29, 1.82) is 5.26 Å². The molecule has 3 heteroatoms. The van der Waals surface area contributed by atoms with E-state index in [-0.39, 0.29) is 0 Å². The summed E-state index contributed by atoms with van der Waals surface area (Å²) in [6.45, 7) is 3.32. The van der Waals surface area contributed by atoms with Crippen molar-refractivity contribution in [1.82, 2.24) is 0 Å². The number of hydrogen-bond acceptors (Lipinski definition) is 3. The predicted molar refractivity (Wildman–Crippen MR) is 116 cm³/mol. The predicted octanol–water partition coefficient (Wildman–Crippen LogP) is 7.14. The van der Waals surface area contributed by atoms with Gasteiger partial charge in [-0.15, -0.1) is 11.8 Å². The molecule has 1 aliphatic heterocycles. The second-order valence-electron chi connectivity index (χ2n) is 7.26. The van der Waals surface area contributed by atoms with Crippen LogP contribution >= 0.6 is 11.8 Å². The molecular formula is C23H34N2S. The summed E-state index contributed by atoms with van der Waals surface area (Å²) in [5, 5.41) is 12.3. The van der Waals surface area contributed by atoms with Crippen LogP contribution in [0.25, 0.3) is 0 Å². The fourth-order valence-electron chi connectivity index (χ4n) is 3.56. The van der Waals surface area contributed by atoms with E-state index in [2.05, 4.69) is 36.1 Å². The molecule has 26 heavy (non-hydrogen) atoms. The Bertz CT molecular complexity index is 571. The molecule has 1 aromatic rings. The maximum Gasteiger partial charge on any atom is 0.0991 e. The van der Waals surface area contributed by atoms with Gasteiger partial charge in [-0.05, 0) is 60.8 Å². The van der Waals surface area contributed by atoms with Crippen LogP contribution in [0.15, 0.2) is 35.2 Å². The smallest absolute Gasteiger partial charge is 0.0991 e. The fourth-order valence-corrected chi connectivity index (χ4v) is 4.73. The zero-order valence-electron chi connectivity index (χ0n) is 16.3. The molecular weight excluding hydrogens is 336 g/mol. The molecule has 0 aromatic heterocycles. The number of rotatable bonds is 13. The summed E-state index contributed by atoms with van der Waals surface area (Å²) in [5.41, 5.74) is 1.84. The maximum absolute atomic E-state index is 8.82. The van der Waals surface area contributed by atoms with Gasteiger partial charge in [0.1, 0.15) is 0 Å². The van der Waals surface area contributed by atoms with Crippen molar-refractivity contribution in [2.75, 3.05) is 17.6 Å². The van der Waals surface area contributed by atoms with Crippen molar-refractivity contribution >= 4 is 17.4 Å². The van der Waals surface area contributed by atoms with Crippen LogP contribution in [0.5, 0.6) is 0 Å². The maximum atomic E-state index is 8.82. The van der Waals surface area contributed by atoms with E-state index in [4.69, 9.17) is 5.26 Å². The first-order chi connectivity index (χ1) is 12.8. The summed E-state index contributed by atoms with van der Waals surface area (Å²) in [5.74, 6) is 2.14. The van der Waals surface area contributed by atoms with E-state index in [0.717, 1.165) is 23.7 Å². The quantitative estimate of drug-likeness (QED) is 0.375. The largest absolute Gasteiger partial charge is 0.385 e. The third-order valence-corrected chi connectivity index (χ3v) is 6.39. The Morgan fingerprint density at radius 3 is 2.42 bits per heavy atom. The van der Waals surface area contributed by atoms with E-state index >= 15 is 0 Å². The molecule has 0 bridgehead atoms. The molecule has 0 spiro atoms. The van der Waals surface area contributed by atoms with E-state index in [1.165, 1.54) is 70.0 Å². The van der Waals surface area contributed by atoms with E-state index in [1.54, 1.807) is 4.91 Å². The van der Waals surface area contributed by atoms with Crippen molar-refractivity contribution in [3.63, 3.8) is 0 Å². The van der Waals surface area contributed by atoms with Gasteiger partial charge in [0.25, 0.3) is 0 Å². The summed E-state index contributed by atoms with van der Waals surface area (Å²) in [4.78, 5) is 1.70. The molecule has 1 aliphatic rings. The molecule has 1 atom stereocenters. The van der Waals surface area contributed by atoms with Crippen LogP contribution in [0.3, 0.4) is 0 Å². The van der Waals surface area contributed by atoms with Gasteiger partial charge in [-0.2, -0.15) is 5.26 Å². The standard InChI is InChI=1S/C23H34N2S/c1-2-3-6-10-21(23-12-9-18-26-23)11-7-4-5-8-17-25-22-15-13-20(19-24)14-16-22/h12-16,21,25H,2-11,17-18H2,1H3. The topological polar surface area (TPSA) is 35.8 Å². The van der Waals surface area contributed by atoms with Crippen LogP contribution in [0, 0.1) is 17.2 Å². The van der Waals surface area contributed by atoms with Crippen LogP contribution in [0.2, 0.25) is 0 Å². The van der Waals surface area contributed by atoms with Crippen LogP contribution in [0.4, 0.5) is 5.69 Å². The van der Waals surface area contributed by atoms with E-state index < -0.39 is 0 Å². The van der Waals surface area contributed by atoms with Gasteiger partial charge in [0.05, 0.1) is 11.6 Å². The number of nitrogens with zero attached hydrogens (tertiary/aromatic N) is 1. The van der Waals surface area contributed by atoms with E-state index in [0.29, 0.717) is 0 Å². The Hall–Kier alpha value is -1.40. The van der Waals surface area contributed by atoms with Gasteiger partial charge in [-0.25, -0.2) is 0 Å². The van der Waals surface area contributed by atoms with Gasteiger partial charge in [0.2, 0.25) is 0 Å². The summed E-state index contributed by atoms with van der Waals surface area (Å²) >= 11 is 2.11. The molecule has 0 saturated carbocycles. The minimum Gasteiger partial charge on any atom is -0.385 e. The van der Waals surface area contributed by atoms with Crippen LogP contribution in [-0.4, -0.2) is 12.3 Å². The second-order valence-corrected chi connectivity index (χ2v) is 8.42. The molecule has 1 N–H and O–H groups in total. The molecule has 1 heterocycles. The lowest BCUT2D eigenvalue weighted by atomic mass is 9.94.